The highest BCUT2D eigenvalue weighted by Gasteiger charge is 2.37. The van der Waals surface area contributed by atoms with Crippen LogP contribution in [-0.4, -0.2) is 31.7 Å². The summed E-state index contributed by atoms with van der Waals surface area (Å²) in [4.78, 5) is 13.3. The zero-order chi connectivity index (χ0) is 24.4. The number of carbonyl (C=O) groups excluding carboxylic acids is 1. The summed E-state index contributed by atoms with van der Waals surface area (Å²) in [6.45, 7) is 0.315. The minimum Gasteiger partial charge on any atom is -0.504 e. The van der Waals surface area contributed by atoms with Crippen LogP contribution in [0.4, 0.5) is 0 Å². The van der Waals surface area contributed by atoms with Gasteiger partial charge in [-0.05, 0) is 41.0 Å². The SMILES string of the molecule is COc1cc([C@@H](COc2ccccc2OC)C2c3ccccc3C(=O)c3ccccc32)ccc1O. The highest BCUT2D eigenvalue weighted by Crippen LogP contribution is 2.46. The molecule has 0 saturated carbocycles. The van der Waals surface area contributed by atoms with Crippen molar-refractivity contribution < 1.29 is 24.1 Å². The molecule has 0 aromatic heterocycles. The molecule has 35 heavy (non-hydrogen) atoms. The van der Waals surface area contributed by atoms with Crippen LogP contribution in [0.3, 0.4) is 0 Å². The number of hydrogen-bond acceptors (Lipinski definition) is 5. The lowest BCUT2D eigenvalue weighted by Crippen LogP contribution is -2.27. The quantitative estimate of drug-likeness (QED) is 0.365. The summed E-state index contributed by atoms with van der Waals surface area (Å²) < 4.78 is 17.2. The molecule has 1 aliphatic rings. The summed E-state index contributed by atoms with van der Waals surface area (Å²) in [7, 11) is 3.15. The monoisotopic (exact) mass is 466 g/mol. The Labute approximate surface area is 204 Å². The van der Waals surface area contributed by atoms with Gasteiger partial charge in [0.05, 0.1) is 20.8 Å². The molecule has 0 spiro atoms. The molecule has 0 bridgehead atoms. The average molecular weight is 467 g/mol. The number of rotatable bonds is 7. The molecule has 176 valence electrons. The number of phenols is 1. The lowest BCUT2D eigenvalue weighted by atomic mass is 9.70. The van der Waals surface area contributed by atoms with E-state index in [4.69, 9.17) is 14.2 Å². The topological polar surface area (TPSA) is 65.0 Å². The molecule has 1 aliphatic carbocycles. The maximum Gasteiger partial charge on any atom is 0.193 e. The van der Waals surface area contributed by atoms with Crippen LogP contribution in [-0.2, 0) is 0 Å². The van der Waals surface area contributed by atoms with Crippen LogP contribution in [0.15, 0.2) is 91.0 Å². The third-order valence-electron chi connectivity index (χ3n) is 6.60. The van der Waals surface area contributed by atoms with Gasteiger partial charge in [0.1, 0.15) is 0 Å². The smallest absolute Gasteiger partial charge is 0.193 e. The second-order valence-corrected chi connectivity index (χ2v) is 8.48. The number of phenolic OH excluding ortho intramolecular Hbond substituents is 1. The first-order chi connectivity index (χ1) is 17.1. The van der Waals surface area contributed by atoms with Crippen LogP contribution in [0.2, 0.25) is 0 Å². The Morgan fingerprint density at radius 2 is 1.31 bits per heavy atom. The predicted molar refractivity (Wildman–Crippen MR) is 134 cm³/mol. The van der Waals surface area contributed by atoms with E-state index in [0.717, 1.165) is 16.7 Å². The number of aromatic hydroxyl groups is 1. The molecule has 0 saturated heterocycles. The molecule has 5 nitrogen and oxygen atoms in total. The van der Waals surface area contributed by atoms with E-state index in [1.54, 1.807) is 13.2 Å². The summed E-state index contributed by atoms with van der Waals surface area (Å²) in [5.41, 5.74) is 4.24. The summed E-state index contributed by atoms with van der Waals surface area (Å²) >= 11 is 0. The first kappa shape index (κ1) is 22.5. The van der Waals surface area contributed by atoms with Crippen LogP contribution >= 0.6 is 0 Å². The zero-order valence-corrected chi connectivity index (χ0v) is 19.6. The van der Waals surface area contributed by atoms with Gasteiger partial charge in [-0.15, -0.1) is 0 Å². The summed E-state index contributed by atoms with van der Waals surface area (Å²) in [6, 6.07) is 28.4. The number of para-hydroxylation sites is 2. The molecule has 0 unspecified atom stereocenters. The van der Waals surface area contributed by atoms with E-state index in [1.165, 1.54) is 7.11 Å². The minimum absolute atomic E-state index is 0.0279. The van der Waals surface area contributed by atoms with Gasteiger partial charge in [0, 0.05) is 23.0 Å². The first-order valence-electron chi connectivity index (χ1n) is 11.5. The third kappa shape index (κ3) is 4.10. The Hall–Kier alpha value is -4.25. The normalized spacial score (nSPS) is 13.5. The van der Waals surface area contributed by atoms with Crippen LogP contribution < -0.4 is 14.2 Å². The molecule has 5 heteroatoms. The van der Waals surface area contributed by atoms with Crippen LogP contribution in [0.5, 0.6) is 23.0 Å². The van der Waals surface area contributed by atoms with Crippen molar-refractivity contribution in [2.75, 3.05) is 20.8 Å². The Morgan fingerprint density at radius 3 is 1.94 bits per heavy atom. The molecular weight excluding hydrogens is 440 g/mol. The van der Waals surface area contributed by atoms with E-state index < -0.39 is 0 Å². The van der Waals surface area contributed by atoms with Gasteiger partial charge in [-0.25, -0.2) is 0 Å². The molecule has 0 radical (unpaired) electrons. The van der Waals surface area contributed by atoms with E-state index in [-0.39, 0.29) is 23.4 Å². The van der Waals surface area contributed by atoms with E-state index >= 15 is 0 Å². The second-order valence-electron chi connectivity index (χ2n) is 8.48. The molecule has 0 heterocycles. The highest BCUT2D eigenvalue weighted by atomic mass is 16.5. The van der Waals surface area contributed by atoms with E-state index in [2.05, 4.69) is 0 Å². The average Bonchev–Trinajstić information content (AvgIpc) is 2.91. The number of hydrogen-bond donors (Lipinski definition) is 1. The van der Waals surface area contributed by atoms with Crippen LogP contribution in [0.1, 0.15) is 44.4 Å². The molecule has 0 amide bonds. The zero-order valence-electron chi connectivity index (χ0n) is 19.6. The van der Waals surface area contributed by atoms with Crippen molar-refractivity contribution in [1.82, 2.24) is 0 Å². The molecule has 4 aromatic carbocycles. The number of fused-ring (bicyclic) bond motifs is 2. The van der Waals surface area contributed by atoms with Crippen LogP contribution in [0.25, 0.3) is 0 Å². The fourth-order valence-corrected chi connectivity index (χ4v) is 4.92. The van der Waals surface area contributed by atoms with Crippen molar-refractivity contribution in [3.05, 3.63) is 119 Å². The van der Waals surface area contributed by atoms with Gasteiger partial charge in [-0.2, -0.15) is 0 Å². The van der Waals surface area contributed by atoms with Crippen molar-refractivity contribution in [2.24, 2.45) is 0 Å². The number of methoxy groups -OCH3 is 2. The van der Waals surface area contributed by atoms with Gasteiger partial charge in [-0.1, -0.05) is 66.7 Å². The van der Waals surface area contributed by atoms with Gasteiger partial charge in [0.2, 0.25) is 0 Å². The standard InChI is InChI=1S/C30H26O5/c1-33-26-13-7-8-14-27(26)35-18-24(19-15-16-25(31)28(17-19)34-2)29-20-9-3-5-11-22(20)30(32)23-12-6-4-10-21(23)29/h3-17,24,29,31H,18H2,1-2H3/t24-/m1/s1. The van der Waals surface area contributed by atoms with Gasteiger partial charge in [0.25, 0.3) is 0 Å². The first-order valence-corrected chi connectivity index (χ1v) is 11.5. The molecule has 0 fully saturated rings. The number of ketones is 1. The maximum atomic E-state index is 13.3. The van der Waals surface area contributed by atoms with Crippen molar-refractivity contribution in [1.29, 1.82) is 0 Å². The number of ether oxygens (including phenoxy) is 3. The molecular formula is C30H26O5. The van der Waals surface area contributed by atoms with Gasteiger partial charge in [0.15, 0.2) is 28.8 Å². The third-order valence-corrected chi connectivity index (χ3v) is 6.60. The van der Waals surface area contributed by atoms with Crippen molar-refractivity contribution in [2.45, 2.75) is 11.8 Å². The van der Waals surface area contributed by atoms with Crippen molar-refractivity contribution in [3.63, 3.8) is 0 Å². The lowest BCUT2D eigenvalue weighted by Gasteiger charge is -2.34. The molecule has 4 aromatic rings. The van der Waals surface area contributed by atoms with Gasteiger partial charge >= 0.3 is 0 Å². The van der Waals surface area contributed by atoms with Crippen molar-refractivity contribution >= 4 is 5.78 Å². The fourth-order valence-electron chi connectivity index (χ4n) is 4.92. The largest absolute Gasteiger partial charge is 0.504 e. The van der Waals surface area contributed by atoms with Crippen molar-refractivity contribution in [3.8, 4) is 23.0 Å². The maximum absolute atomic E-state index is 13.3. The Kier molecular flexibility index (Phi) is 6.15. The summed E-state index contributed by atoms with van der Waals surface area (Å²) in [5.74, 6) is 1.43. The molecule has 0 aliphatic heterocycles. The Morgan fingerprint density at radius 1 is 0.743 bits per heavy atom. The summed E-state index contributed by atoms with van der Waals surface area (Å²) in [6.07, 6.45) is 0. The summed E-state index contributed by atoms with van der Waals surface area (Å²) in [5, 5.41) is 10.2. The van der Waals surface area contributed by atoms with E-state index in [0.29, 0.717) is 35.0 Å². The Bertz CT molecular complexity index is 1330. The Balaban J connectivity index is 1.66. The minimum atomic E-state index is -0.190. The van der Waals surface area contributed by atoms with E-state index in [9.17, 15) is 9.90 Å². The van der Waals surface area contributed by atoms with Gasteiger partial charge < -0.3 is 19.3 Å². The molecule has 5 rings (SSSR count). The fraction of sp³-hybridized carbons (Fsp3) is 0.167. The number of carbonyl (C=O) groups is 1. The molecule has 1 N–H and O–H groups in total. The molecule has 1 atom stereocenters. The van der Waals surface area contributed by atoms with E-state index in [1.807, 2.05) is 84.9 Å². The second kappa shape index (κ2) is 9.55. The van der Waals surface area contributed by atoms with Gasteiger partial charge in [-0.3, -0.25) is 4.79 Å². The van der Waals surface area contributed by atoms with Crippen LogP contribution in [0, 0.1) is 0 Å². The highest BCUT2D eigenvalue weighted by molar-refractivity contribution is 6.12. The number of benzene rings is 4. The predicted octanol–water partition coefficient (Wildman–Crippen LogP) is 5.95. The lowest BCUT2D eigenvalue weighted by molar-refractivity contribution is 0.103.